The lowest BCUT2D eigenvalue weighted by Crippen LogP contribution is -2.24. The summed E-state index contributed by atoms with van der Waals surface area (Å²) in [6.07, 6.45) is 1.81. The predicted molar refractivity (Wildman–Crippen MR) is 110 cm³/mol. The molecule has 0 radical (unpaired) electrons. The van der Waals surface area contributed by atoms with E-state index in [9.17, 15) is 4.79 Å². The van der Waals surface area contributed by atoms with Gasteiger partial charge in [-0.3, -0.25) is 4.79 Å². The molecule has 148 valence electrons. The van der Waals surface area contributed by atoms with Gasteiger partial charge in [0.05, 0.1) is 16.6 Å². The van der Waals surface area contributed by atoms with Crippen molar-refractivity contribution in [2.24, 2.45) is 0 Å². The third-order valence-corrected chi connectivity index (χ3v) is 4.82. The molecule has 3 heterocycles. The summed E-state index contributed by atoms with van der Waals surface area (Å²) in [5.74, 6) is 0.948. The van der Waals surface area contributed by atoms with Gasteiger partial charge in [-0.05, 0) is 44.4 Å². The molecule has 0 aliphatic heterocycles. The van der Waals surface area contributed by atoms with Crippen molar-refractivity contribution in [2.75, 3.05) is 18.0 Å². The Kier molecular flexibility index (Phi) is 5.92. The number of aryl methyl sites for hydroxylation is 1. The van der Waals surface area contributed by atoms with Gasteiger partial charge in [-0.2, -0.15) is 0 Å². The Labute approximate surface area is 165 Å². The summed E-state index contributed by atoms with van der Waals surface area (Å²) in [5.41, 5.74) is 3.35. The van der Waals surface area contributed by atoms with Crippen LogP contribution in [-0.4, -0.2) is 34.1 Å². The summed E-state index contributed by atoms with van der Waals surface area (Å²) in [6.45, 7) is 12.3. The minimum Gasteiger partial charge on any atom is -0.357 e. The highest BCUT2D eigenvalue weighted by Crippen LogP contribution is 2.25. The van der Waals surface area contributed by atoms with Crippen LogP contribution in [0.1, 0.15) is 60.9 Å². The molecular weight excluding hydrogens is 354 g/mol. The number of fused-ring (bicyclic) bond motifs is 1. The van der Waals surface area contributed by atoms with E-state index in [1.807, 2.05) is 39.0 Å². The van der Waals surface area contributed by atoms with Crippen molar-refractivity contribution in [1.29, 1.82) is 0 Å². The molecule has 3 rings (SSSR count). The smallest absolute Gasteiger partial charge is 0.259 e. The largest absolute Gasteiger partial charge is 0.357 e. The molecule has 0 saturated heterocycles. The Morgan fingerprint density at radius 2 is 2.00 bits per heavy atom. The fourth-order valence-electron chi connectivity index (χ4n) is 3.12. The van der Waals surface area contributed by atoms with E-state index in [0.717, 1.165) is 30.2 Å². The molecule has 0 aromatic carbocycles. The maximum Gasteiger partial charge on any atom is 0.259 e. The van der Waals surface area contributed by atoms with Gasteiger partial charge < -0.3 is 14.7 Å². The van der Waals surface area contributed by atoms with Crippen LogP contribution in [0, 0.1) is 6.92 Å². The molecule has 7 heteroatoms. The van der Waals surface area contributed by atoms with E-state index in [1.54, 1.807) is 6.20 Å². The summed E-state index contributed by atoms with van der Waals surface area (Å²) >= 11 is 0. The van der Waals surface area contributed by atoms with Crippen LogP contribution in [0.3, 0.4) is 0 Å². The molecule has 0 spiro atoms. The highest BCUT2D eigenvalue weighted by molar-refractivity contribution is 6.06. The van der Waals surface area contributed by atoms with Crippen LogP contribution in [0.5, 0.6) is 0 Å². The number of amides is 1. The van der Waals surface area contributed by atoms with Crippen LogP contribution in [0.2, 0.25) is 0 Å². The highest BCUT2D eigenvalue weighted by atomic mass is 16.5. The maximum atomic E-state index is 12.9. The number of hydrogen-bond donors (Lipinski definition) is 1. The number of nitrogens with zero attached hydrogens (tertiary/aromatic N) is 4. The first kappa shape index (κ1) is 19.8. The van der Waals surface area contributed by atoms with Crippen molar-refractivity contribution in [2.45, 2.75) is 47.1 Å². The third-order valence-electron chi connectivity index (χ3n) is 4.82. The second-order valence-electron chi connectivity index (χ2n) is 7.08. The third kappa shape index (κ3) is 3.98. The Hall–Kier alpha value is -2.96. The summed E-state index contributed by atoms with van der Waals surface area (Å²) < 4.78 is 5.29. The van der Waals surface area contributed by atoms with Crippen LogP contribution in [0.4, 0.5) is 5.82 Å². The van der Waals surface area contributed by atoms with Crippen LogP contribution in [0.25, 0.3) is 11.1 Å². The average Bonchev–Trinajstić information content (AvgIpc) is 3.08. The molecule has 0 aliphatic rings. The molecule has 0 saturated carbocycles. The number of anilines is 1. The molecule has 1 N–H and O–H groups in total. The van der Waals surface area contributed by atoms with E-state index in [2.05, 4.69) is 39.2 Å². The molecule has 3 aromatic heterocycles. The van der Waals surface area contributed by atoms with Gasteiger partial charge in [0.25, 0.3) is 11.6 Å². The van der Waals surface area contributed by atoms with Gasteiger partial charge in [0.1, 0.15) is 5.82 Å². The van der Waals surface area contributed by atoms with Crippen LogP contribution < -0.4 is 10.2 Å². The first-order valence-electron chi connectivity index (χ1n) is 9.69. The molecule has 0 atom stereocenters. The minimum atomic E-state index is -0.173. The Bertz CT molecular complexity index is 959. The van der Waals surface area contributed by atoms with E-state index in [0.29, 0.717) is 28.9 Å². The van der Waals surface area contributed by atoms with Crippen molar-refractivity contribution < 1.29 is 9.32 Å². The fourth-order valence-corrected chi connectivity index (χ4v) is 3.12. The van der Waals surface area contributed by atoms with Crippen molar-refractivity contribution in [3.8, 4) is 0 Å². The summed E-state index contributed by atoms with van der Waals surface area (Å²) in [6, 6.07) is 5.81. The summed E-state index contributed by atoms with van der Waals surface area (Å²) in [7, 11) is 0. The first-order chi connectivity index (χ1) is 13.4. The molecular formula is C21H27N5O2. The van der Waals surface area contributed by atoms with Crippen LogP contribution in [0.15, 0.2) is 28.9 Å². The fraction of sp³-hybridized carbons (Fsp3) is 0.429. The SMILES string of the molecule is CCN(CC)c1ccc(CNC(=O)c2cc(C(C)C)nc3onc(C)c23)cn1. The van der Waals surface area contributed by atoms with Crippen molar-refractivity contribution in [1.82, 2.24) is 20.4 Å². The van der Waals surface area contributed by atoms with E-state index in [4.69, 9.17) is 4.52 Å². The Morgan fingerprint density at radius 1 is 1.25 bits per heavy atom. The zero-order chi connectivity index (χ0) is 20.3. The highest BCUT2D eigenvalue weighted by Gasteiger charge is 2.19. The lowest BCUT2D eigenvalue weighted by molar-refractivity contribution is 0.0952. The number of carbonyl (C=O) groups excluding carboxylic acids is 1. The standard InChI is InChI=1S/C21H27N5O2/c1-6-26(7-2)18-9-8-15(11-22-18)12-23-20(27)16-10-17(13(3)4)24-21-19(16)14(5)25-28-21/h8-11,13H,6-7,12H2,1-5H3,(H,23,27). The second-order valence-corrected chi connectivity index (χ2v) is 7.08. The van der Waals surface area contributed by atoms with Crippen molar-refractivity contribution in [3.63, 3.8) is 0 Å². The number of hydrogen-bond acceptors (Lipinski definition) is 6. The van der Waals surface area contributed by atoms with Crippen LogP contribution in [-0.2, 0) is 6.54 Å². The second kappa shape index (κ2) is 8.37. The van der Waals surface area contributed by atoms with Crippen LogP contribution >= 0.6 is 0 Å². The lowest BCUT2D eigenvalue weighted by atomic mass is 10.0. The maximum absolute atomic E-state index is 12.9. The number of pyridine rings is 2. The zero-order valence-electron chi connectivity index (χ0n) is 17.1. The average molecular weight is 381 g/mol. The van der Waals surface area contributed by atoms with E-state index >= 15 is 0 Å². The minimum absolute atomic E-state index is 0.173. The normalized spacial score (nSPS) is 11.2. The van der Waals surface area contributed by atoms with Crippen molar-refractivity contribution in [3.05, 3.63) is 46.9 Å². The first-order valence-corrected chi connectivity index (χ1v) is 9.69. The lowest BCUT2D eigenvalue weighted by Gasteiger charge is -2.19. The number of carbonyl (C=O) groups is 1. The number of aromatic nitrogens is 3. The molecule has 7 nitrogen and oxygen atoms in total. The number of rotatable bonds is 7. The van der Waals surface area contributed by atoms with Gasteiger partial charge in [0, 0.05) is 31.5 Å². The molecule has 1 amide bonds. The molecule has 3 aromatic rings. The Balaban J connectivity index is 1.79. The topological polar surface area (TPSA) is 84.2 Å². The van der Waals surface area contributed by atoms with Gasteiger partial charge in [-0.25, -0.2) is 9.97 Å². The molecule has 0 unspecified atom stereocenters. The monoisotopic (exact) mass is 381 g/mol. The molecule has 0 fully saturated rings. The molecule has 0 bridgehead atoms. The van der Waals surface area contributed by atoms with Gasteiger partial charge in [-0.1, -0.05) is 25.1 Å². The summed E-state index contributed by atoms with van der Waals surface area (Å²) in [4.78, 5) is 24.0. The van der Waals surface area contributed by atoms with E-state index in [-0.39, 0.29) is 11.8 Å². The zero-order valence-corrected chi connectivity index (χ0v) is 17.1. The Morgan fingerprint density at radius 3 is 2.61 bits per heavy atom. The summed E-state index contributed by atoms with van der Waals surface area (Å²) in [5, 5.41) is 7.61. The van der Waals surface area contributed by atoms with Gasteiger partial charge in [0.2, 0.25) is 0 Å². The molecule has 0 aliphatic carbocycles. The predicted octanol–water partition coefficient (Wildman–Crippen LogP) is 3.83. The number of nitrogens with one attached hydrogen (secondary N) is 1. The van der Waals surface area contributed by atoms with Crippen molar-refractivity contribution >= 4 is 22.8 Å². The van der Waals surface area contributed by atoms with Gasteiger partial charge >= 0.3 is 0 Å². The molecule has 28 heavy (non-hydrogen) atoms. The van der Waals surface area contributed by atoms with E-state index < -0.39 is 0 Å². The quantitative estimate of drug-likeness (QED) is 0.670. The van der Waals surface area contributed by atoms with Gasteiger partial charge in [0.15, 0.2) is 0 Å². The van der Waals surface area contributed by atoms with Gasteiger partial charge in [-0.15, -0.1) is 0 Å². The van der Waals surface area contributed by atoms with E-state index in [1.165, 1.54) is 0 Å².